The Bertz CT molecular complexity index is 771. The second-order valence-corrected chi connectivity index (χ2v) is 12.3. The van der Waals surface area contributed by atoms with Crippen LogP contribution in [-0.2, 0) is 33.4 Å². The van der Waals surface area contributed by atoms with Crippen molar-refractivity contribution < 1.29 is 33.4 Å². The normalized spacial score (nSPS) is 17.1. The van der Waals surface area contributed by atoms with Crippen LogP contribution in [0.3, 0.4) is 0 Å². The number of hydrogen-bond donors (Lipinski definition) is 0. The van der Waals surface area contributed by atoms with Crippen molar-refractivity contribution in [1.29, 1.82) is 0 Å². The highest BCUT2D eigenvalue weighted by Crippen LogP contribution is 2.28. The number of amides is 1. The number of carbonyl (C=O) groups excluding carboxylic acids is 4. The predicted octanol–water partition coefficient (Wildman–Crippen LogP) is 8.08. The van der Waals surface area contributed by atoms with Gasteiger partial charge in [-0.3, -0.25) is 19.2 Å². The van der Waals surface area contributed by atoms with Crippen molar-refractivity contribution in [2.75, 3.05) is 19.8 Å². The van der Waals surface area contributed by atoms with Gasteiger partial charge in [0.05, 0.1) is 32.1 Å². The zero-order chi connectivity index (χ0) is 31.7. The van der Waals surface area contributed by atoms with E-state index >= 15 is 0 Å². The number of rotatable bonds is 26. The highest BCUT2D eigenvalue weighted by Gasteiger charge is 2.36. The Kier molecular flexibility index (Phi) is 22.8. The minimum atomic E-state index is -0.507. The van der Waals surface area contributed by atoms with Gasteiger partial charge in [0.2, 0.25) is 5.91 Å². The van der Waals surface area contributed by atoms with Crippen molar-refractivity contribution >= 4 is 23.8 Å². The topological polar surface area (TPSA) is 99.2 Å². The Hall–Kier alpha value is -2.12. The highest BCUT2D eigenvalue weighted by molar-refractivity contribution is 5.77. The fourth-order valence-corrected chi connectivity index (χ4v) is 5.76. The van der Waals surface area contributed by atoms with Crippen LogP contribution < -0.4 is 0 Å². The molecule has 0 radical (unpaired) electrons. The third-order valence-corrected chi connectivity index (χ3v) is 8.45. The van der Waals surface area contributed by atoms with Crippen LogP contribution in [0.25, 0.3) is 0 Å². The minimum Gasteiger partial charge on any atom is -0.466 e. The van der Waals surface area contributed by atoms with Crippen molar-refractivity contribution in [3.05, 3.63) is 0 Å². The summed E-state index contributed by atoms with van der Waals surface area (Å²) in [5, 5.41) is 0. The number of likely N-dealkylation sites (tertiary alicyclic amines) is 1. The molecular formula is C35H63NO7. The van der Waals surface area contributed by atoms with Crippen LogP contribution in [0, 0.1) is 5.92 Å². The summed E-state index contributed by atoms with van der Waals surface area (Å²) in [7, 11) is 0. The first-order valence-corrected chi connectivity index (χ1v) is 17.6. The van der Waals surface area contributed by atoms with E-state index in [1.54, 1.807) is 0 Å². The van der Waals surface area contributed by atoms with Crippen LogP contribution in [0.2, 0.25) is 0 Å². The third kappa shape index (κ3) is 18.3. The fourth-order valence-electron chi connectivity index (χ4n) is 5.76. The van der Waals surface area contributed by atoms with Gasteiger partial charge in [-0.05, 0) is 38.5 Å². The molecule has 0 aliphatic carbocycles. The minimum absolute atomic E-state index is 0.00179. The molecule has 0 spiro atoms. The Balaban J connectivity index is 2.61. The van der Waals surface area contributed by atoms with Gasteiger partial charge in [-0.25, -0.2) is 0 Å². The van der Waals surface area contributed by atoms with E-state index in [2.05, 4.69) is 27.7 Å². The van der Waals surface area contributed by atoms with Gasteiger partial charge in [0.1, 0.15) is 6.61 Å². The van der Waals surface area contributed by atoms with Crippen LogP contribution in [0.1, 0.15) is 163 Å². The van der Waals surface area contributed by atoms with E-state index in [-0.39, 0.29) is 56.0 Å². The molecule has 1 rings (SSSR count). The van der Waals surface area contributed by atoms with Crippen LogP contribution in [0.5, 0.6) is 0 Å². The predicted molar refractivity (Wildman–Crippen MR) is 170 cm³/mol. The number of carbonyl (C=O) groups is 4. The lowest BCUT2D eigenvalue weighted by Gasteiger charge is -2.30. The van der Waals surface area contributed by atoms with Crippen LogP contribution in [-0.4, -0.2) is 60.6 Å². The van der Waals surface area contributed by atoms with Crippen LogP contribution in [0.4, 0.5) is 0 Å². The van der Waals surface area contributed by atoms with E-state index in [0.717, 1.165) is 70.6 Å². The SMILES string of the molecule is CCCCCCCCOC(=O)CC(COC(=O)CCCCCCCC)CC(=O)OCC1CCC(CC)N1C(=O)CCCC. The van der Waals surface area contributed by atoms with E-state index in [4.69, 9.17) is 14.2 Å². The Morgan fingerprint density at radius 1 is 0.605 bits per heavy atom. The van der Waals surface area contributed by atoms with Crippen molar-refractivity contribution in [2.45, 2.75) is 175 Å². The van der Waals surface area contributed by atoms with E-state index in [0.29, 0.717) is 19.4 Å². The molecule has 43 heavy (non-hydrogen) atoms. The number of esters is 3. The van der Waals surface area contributed by atoms with Crippen molar-refractivity contribution in [2.24, 2.45) is 5.92 Å². The maximum Gasteiger partial charge on any atom is 0.306 e. The Labute approximate surface area is 262 Å². The molecule has 1 aliphatic rings. The molecular weight excluding hydrogens is 546 g/mol. The Morgan fingerprint density at radius 2 is 1.16 bits per heavy atom. The summed E-state index contributed by atoms with van der Waals surface area (Å²) in [6.07, 6.45) is 18.3. The maximum atomic E-state index is 12.9. The van der Waals surface area contributed by atoms with Crippen LogP contribution >= 0.6 is 0 Å². The van der Waals surface area contributed by atoms with E-state index < -0.39 is 11.9 Å². The molecule has 8 heteroatoms. The molecule has 1 fully saturated rings. The van der Waals surface area contributed by atoms with Crippen molar-refractivity contribution in [1.82, 2.24) is 4.90 Å². The van der Waals surface area contributed by atoms with E-state index in [9.17, 15) is 19.2 Å². The summed E-state index contributed by atoms with van der Waals surface area (Å²) in [5.41, 5.74) is 0. The molecule has 3 unspecified atom stereocenters. The lowest BCUT2D eigenvalue weighted by atomic mass is 10.0. The summed E-state index contributed by atoms with van der Waals surface area (Å²) in [5.74, 6) is -1.50. The van der Waals surface area contributed by atoms with Gasteiger partial charge >= 0.3 is 17.9 Å². The molecule has 1 aliphatic heterocycles. The first kappa shape index (κ1) is 38.9. The lowest BCUT2D eigenvalue weighted by Crippen LogP contribution is -2.43. The van der Waals surface area contributed by atoms with Gasteiger partial charge < -0.3 is 19.1 Å². The largest absolute Gasteiger partial charge is 0.466 e. The van der Waals surface area contributed by atoms with Crippen molar-refractivity contribution in [3.8, 4) is 0 Å². The smallest absolute Gasteiger partial charge is 0.306 e. The molecule has 1 heterocycles. The van der Waals surface area contributed by atoms with Gasteiger partial charge in [0, 0.05) is 24.8 Å². The average Bonchev–Trinajstić information content (AvgIpc) is 3.42. The van der Waals surface area contributed by atoms with Gasteiger partial charge in [-0.2, -0.15) is 0 Å². The standard InChI is InChI=1S/C35H63NO7/c1-5-9-12-14-16-18-21-33(38)42-27-29(25-34(39)41-24-19-17-15-13-10-6-2)26-35(40)43-28-31-23-22-30(8-4)36(31)32(37)20-11-7-3/h29-31H,5-28H2,1-4H3. The fraction of sp³-hybridized carbons (Fsp3) is 0.886. The van der Waals surface area contributed by atoms with Crippen LogP contribution in [0.15, 0.2) is 0 Å². The number of nitrogens with zero attached hydrogens (tertiary/aromatic N) is 1. The second kappa shape index (κ2) is 25.2. The summed E-state index contributed by atoms with van der Waals surface area (Å²) < 4.78 is 16.6. The summed E-state index contributed by atoms with van der Waals surface area (Å²) in [4.78, 5) is 52.7. The van der Waals surface area contributed by atoms with Gasteiger partial charge in [0.25, 0.3) is 0 Å². The third-order valence-electron chi connectivity index (χ3n) is 8.45. The molecule has 250 valence electrons. The zero-order valence-electron chi connectivity index (χ0n) is 28.0. The molecule has 0 bridgehead atoms. The number of hydrogen-bond acceptors (Lipinski definition) is 7. The maximum absolute atomic E-state index is 12.9. The molecule has 0 N–H and O–H groups in total. The second-order valence-electron chi connectivity index (χ2n) is 12.3. The molecule has 0 aromatic carbocycles. The highest BCUT2D eigenvalue weighted by atomic mass is 16.5. The van der Waals surface area contributed by atoms with E-state index in [1.807, 2.05) is 4.90 Å². The van der Waals surface area contributed by atoms with Gasteiger partial charge in [0.15, 0.2) is 0 Å². The molecule has 0 aromatic heterocycles. The Morgan fingerprint density at radius 3 is 1.79 bits per heavy atom. The molecule has 8 nitrogen and oxygen atoms in total. The average molecular weight is 610 g/mol. The summed E-state index contributed by atoms with van der Waals surface area (Å²) in [6.45, 7) is 9.01. The van der Waals surface area contributed by atoms with Gasteiger partial charge in [-0.1, -0.05) is 98.3 Å². The summed E-state index contributed by atoms with van der Waals surface area (Å²) in [6, 6.07) is 0.0717. The molecule has 1 amide bonds. The first-order valence-electron chi connectivity index (χ1n) is 17.6. The molecule has 3 atom stereocenters. The van der Waals surface area contributed by atoms with Gasteiger partial charge in [-0.15, -0.1) is 0 Å². The molecule has 0 aromatic rings. The zero-order valence-corrected chi connectivity index (χ0v) is 28.0. The number of ether oxygens (including phenoxy) is 3. The van der Waals surface area contributed by atoms with Crippen molar-refractivity contribution in [3.63, 3.8) is 0 Å². The van der Waals surface area contributed by atoms with E-state index in [1.165, 1.54) is 38.5 Å². The quantitative estimate of drug-likeness (QED) is 0.0555. The molecule has 0 saturated carbocycles. The molecule has 1 saturated heterocycles. The number of unbranched alkanes of at least 4 members (excludes halogenated alkanes) is 11. The lowest BCUT2D eigenvalue weighted by molar-refractivity contribution is -0.155. The monoisotopic (exact) mass is 609 g/mol. The first-order chi connectivity index (χ1) is 20.9. The summed E-state index contributed by atoms with van der Waals surface area (Å²) >= 11 is 0.